The van der Waals surface area contributed by atoms with Crippen molar-refractivity contribution in [3.8, 4) is 6.07 Å². The molecule has 1 saturated heterocycles. The zero-order valence-corrected chi connectivity index (χ0v) is 14.9. The fraction of sp³-hybridized carbons (Fsp3) is 0.412. The lowest BCUT2D eigenvalue weighted by Gasteiger charge is -2.34. The van der Waals surface area contributed by atoms with Gasteiger partial charge in [-0.3, -0.25) is 9.59 Å². The standard InChI is InChI=1S/C17H16F3N5O3/c1-11-22-13(9-21)16(28-11)24-7-5-23(6-8-24)14(26)10-25-4-2-3-12(15(25)27)17(18,19)20/h2-4H,5-8,10H2,1H3. The van der Waals surface area contributed by atoms with Gasteiger partial charge < -0.3 is 18.8 Å². The molecular weight excluding hydrogens is 379 g/mol. The minimum atomic E-state index is -4.78. The number of alkyl halides is 3. The molecule has 0 aliphatic carbocycles. The van der Waals surface area contributed by atoms with Crippen molar-refractivity contribution in [2.75, 3.05) is 31.1 Å². The molecule has 0 N–H and O–H groups in total. The number of aryl methyl sites for hydroxylation is 1. The molecule has 0 aromatic carbocycles. The van der Waals surface area contributed by atoms with Crippen molar-refractivity contribution in [3.05, 3.63) is 45.8 Å². The number of piperazine rings is 1. The lowest BCUT2D eigenvalue weighted by Crippen LogP contribution is -2.50. The molecule has 3 heterocycles. The van der Waals surface area contributed by atoms with E-state index in [1.54, 1.807) is 11.8 Å². The van der Waals surface area contributed by atoms with Crippen molar-refractivity contribution in [2.24, 2.45) is 0 Å². The van der Waals surface area contributed by atoms with Crippen LogP contribution in [0.5, 0.6) is 0 Å². The summed E-state index contributed by atoms with van der Waals surface area (Å²) in [7, 11) is 0. The molecule has 0 saturated carbocycles. The van der Waals surface area contributed by atoms with Gasteiger partial charge in [-0.25, -0.2) is 4.98 Å². The molecule has 1 amide bonds. The molecule has 0 atom stereocenters. The van der Waals surface area contributed by atoms with Crippen LogP contribution >= 0.6 is 0 Å². The molecule has 0 unspecified atom stereocenters. The molecule has 8 nitrogen and oxygen atoms in total. The summed E-state index contributed by atoms with van der Waals surface area (Å²) in [5.74, 6) is 0.227. The molecule has 2 aromatic rings. The van der Waals surface area contributed by atoms with E-state index in [-0.39, 0.29) is 18.8 Å². The summed E-state index contributed by atoms with van der Waals surface area (Å²) in [5, 5.41) is 9.10. The van der Waals surface area contributed by atoms with Crippen LogP contribution in [-0.4, -0.2) is 46.5 Å². The molecule has 11 heteroatoms. The Labute approximate surface area is 157 Å². The highest BCUT2D eigenvalue weighted by molar-refractivity contribution is 5.76. The Kier molecular flexibility index (Phi) is 5.13. The Balaban J connectivity index is 1.67. The van der Waals surface area contributed by atoms with Gasteiger partial charge in [-0.2, -0.15) is 18.4 Å². The summed E-state index contributed by atoms with van der Waals surface area (Å²) in [6.07, 6.45) is -3.62. The van der Waals surface area contributed by atoms with Gasteiger partial charge in [-0.05, 0) is 12.1 Å². The number of aromatic nitrogens is 2. The maximum absolute atomic E-state index is 12.8. The first-order valence-electron chi connectivity index (χ1n) is 8.37. The Morgan fingerprint density at radius 2 is 2.00 bits per heavy atom. The summed E-state index contributed by atoms with van der Waals surface area (Å²) in [6, 6.07) is 3.72. The minimum Gasteiger partial charge on any atom is -0.424 e. The van der Waals surface area contributed by atoms with E-state index in [2.05, 4.69) is 4.98 Å². The average molecular weight is 395 g/mol. The van der Waals surface area contributed by atoms with Gasteiger partial charge in [0.25, 0.3) is 5.56 Å². The van der Waals surface area contributed by atoms with Crippen LogP contribution in [0.4, 0.5) is 19.1 Å². The Morgan fingerprint density at radius 1 is 1.32 bits per heavy atom. The number of carbonyl (C=O) groups is 1. The SMILES string of the molecule is Cc1nc(C#N)c(N2CCN(C(=O)Cn3cccc(C(F)(F)F)c3=O)CC2)o1. The van der Waals surface area contributed by atoms with Crippen LogP contribution in [0.3, 0.4) is 0 Å². The second kappa shape index (κ2) is 7.38. The van der Waals surface area contributed by atoms with E-state index < -0.39 is 29.8 Å². The van der Waals surface area contributed by atoms with E-state index in [9.17, 15) is 22.8 Å². The van der Waals surface area contributed by atoms with Gasteiger partial charge >= 0.3 is 6.18 Å². The molecule has 3 rings (SSSR count). The number of anilines is 1. The van der Waals surface area contributed by atoms with Gasteiger partial charge in [0.15, 0.2) is 5.89 Å². The smallest absolute Gasteiger partial charge is 0.421 e. The van der Waals surface area contributed by atoms with E-state index in [0.717, 1.165) is 16.8 Å². The van der Waals surface area contributed by atoms with Gasteiger partial charge in [0.05, 0.1) is 0 Å². The number of carbonyl (C=O) groups excluding carboxylic acids is 1. The molecule has 148 valence electrons. The highest BCUT2D eigenvalue weighted by atomic mass is 19.4. The zero-order chi connectivity index (χ0) is 20.5. The van der Waals surface area contributed by atoms with Crippen LogP contribution < -0.4 is 10.5 Å². The van der Waals surface area contributed by atoms with E-state index >= 15 is 0 Å². The second-order valence-electron chi connectivity index (χ2n) is 6.22. The molecule has 2 aromatic heterocycles. The van der Waals surface area contributed by atoms with Crippen molar-refractivity contribution in [1.29, 1.82) is 5.26 Å². The summed E-state index contributed by atoms with van der Waals surface area (Å²) >= 11 is 0. The normalized spacial score (nSPS) is 14.8. The molecule has 28 heavy (non-hydrogen) atoms. The Morgan fingerprint density at radius 3 is 2.61 bits per heavy atom. The molecule has 1 aliphatic rings. The highest BCUT2D eigenvalue weighted by Gasteiger charge is 2.34. The number of pyridine rings is 1. The minimum absolute atomic E-state index is 0.160. The van der Waals surface area contributed by atoms with Crippen LogP contribution in [-0.2, 0) is 17.5 Å². The number of nitriles is 1. The average Bonchev–Trinajstić information content (AvgIpc) is 3.03. The maximum atomic E-state index is 12.8. The van der Waals surface area contributed by atoms with Gasteiger partial charge in [0.1, 0.15) is 18.2 Å². The van der Waals surface area contributed by atoms with Crippen LogP contribution in [0.1, 0.15) is 17.1 Å². The van der Waals surface area contributed by atoms with Gasteiger partial charge in [-0.1, -0.05) is 0 Å². The number of rotatable bonds is 3. The lowest BCUT2D eigenvalue weighted by molar-refractivity contribution is -0.139. The van der Waals surface area contributed by atoms with Crippen LogP contribution in [0.2, 0.25) is 0 Å². The lowest BCUT2D eigenvalue weighted by atomic mass is 10.2. The van der Waals surface area contributed by atoms with Crippen LogP contribution in [0.15, 0.2) is 27.5 Å². The van der Waals surface area contributed by atoms with Gasteiger partial charge in [-0.15, -0.1) is 0 Å². The molecule has 1 fully saturated rings. The fourth-order valence-electron chi connectivity index (χ4n) is 2.99. The first-order valence-corrected chi connectivity index (χ1v) is 8.37. The summed E-state index contributed by atoms with van der Waals surface area (Å²) in [4.78, 5) is 31.6. The predicted octanol–water partition coefficient (Wildman–Crippen LogP) is 1.38. The quantitative estimate of drug-likeness (QED) is 0.779. The monoisotopic (exact) mass is 395 g/mol. The van der Waals surface area contributed by atoms with E-state index in [0.29, 0.717) is 30.9 Å². The third kappa shape index (κ3) is 3.85. The second-order valence-corrected chi connectivity index (χ2v) is 6.22. The van der Waals surface area contributed by atoms with Crippen molar-refractivity contribution in [3.63, 3.8) is 0 Å². The first kappa shape index (κ1) is 19.5. The van der Waals surface area contributed by atoms with Crippen LogP contribution in [0.25, 0.3) is 0 Å². The maximum Gasteiger partial charge on any atom is 0.421 e. The topological polar surface area (TPSA) is 95.4 Å². The van der Waals surface area contributed by atoms with Crippen molar-refractivity contribution < 1.29 is 22.4 Å². The predicted molar refractivity (Wildman–Crippen MR) is 90.5 cm³/mol. The van der Waals surface area contributed by atoms with Crippen molar-refractivity contribution in [2.45, 2.75) is 19.6 Å². The summed E-state index contributed by atoms with van der Waals surface area (Å²) in [5.41, 5.74) is -2.40. The van der Waals surface area contributed by atoms with Gasteiger partial charge in [0.2, 0.25) is 17.5 Å². The highest BCUT2D eigenvalue weighted by Crippen LogP contribution is 2.26. The third-order valence-corrected chi connectivity index (χ3v) is 4.37. The zero-order valence-electron chi connectivity index (χ0n) is 14.9. The number of halogens is 3. The van der Waals surface area contributed by atoms with Gasteiger partial charge in [0, 0.05) is 39.3 Å². The molecule has 0 spiro atoms. The first-order chi connectivity index (χ1) is 13.2. The molecule has 0 bridgehead atoms. The fourth-order valence-corrected chi connectivity index (χ4v) is 2.99. The molecule has 1 aliphatic heterocycles. The largest absolute Gasteiger partial charge is 0.424 e. The van der Waals surface area contributed by atoms with E-state index in [4.69, 9.17) is 9.68 Å². The number of hydrogen-bond acceptors (Lipinski definition) is 6. The molecule has 0 radical (unpaired) electrons. The summed E-state index contributed by atoms with van der Waals surface area (Å²) in [6.45, 7) is 2.43. The number of oxazole rings is 1. The number of amides is 1. The Hall–Kier alpha value is -3.29. The molecular formula is C17H16F3N5O3. The summed E-state index contributed by atoms with van der Waals surface area (Å²) < 4.78 is 44.7. The van der Waals surface area contributed by atoms with E-state index in [1.807, 2.05) is 6.07 Å². The van der Waals surface area contributed by atoms with Crippen molar-refractivity contribution in [1.82, 2.24) is 14.5 Å². The third-order valence-electron chi connectivity index (χ3n) is 4.37. The van der Waals surface area contributed by atoms with Crippen molar-refractivity contribution >= 4 is 11.8 Å². The number of nitrogens with zero attached hydrogens (tertiary/aromatic N) is 5. The Bertz CT molecular complexity index is 981. The van der Waals surface area contributed by atoms with Crippen LogP contribution in [0, 0.1) is 18.3 Å². The van der Waals surface area contributed by atoms with E-state index in [1.165, 1.54) is 4.90 Å². The number of hydrogen-bond donors (Lipinski definition) is 0.